The van der Waals surface area contributed by atoms with Crippen molar-refractivity contribution in [3.8, 4) is 0 Å². The van der Waals surface area contributed by atoms with Crippen molar-refractivity contribution in [2.24, 2.45) is 11.5 Å². The molecule has 0 unspecified atom stereocenters. The van der Waals surface area contributed by atoms with Crippen LogP contribution in [0.4, 0.5) is 0 Å². The van der Waals surface area contributed by atoms with Gasteiger partial charge in [-0.3, -0.25) is 14.4 Å². The smallest absolute Gasteiger partial charge is 0.327 e. The molecule has 0 bridgehead atoms. The van der Waals surface area contributed by atoms with Crippen LogP contribution < -0.4 is 22.1 Å². The first kappa shape index (κ1) is 22.9. The number of nitrogens with two attached hydrogens (primary N) is 2. The number of aliphatic carboxylic acids is 2. The number of carboxylic acids is 2. The molecule has 138 valence electrons. The van der Waals surface area contributed by atoms with E-state index in [0.717, 1.165) is 21.6 Å². The highest BCUT2D eigenvalue weighted by Crippen LogP contribution is 2.22. The molecule has 0 aliphatic heterocycles. The van der Waals surface area contributed by atoms with E-state index < -0.39 is 41.9 Å². The van der Waals surface area contributed by atoms with Gasteiger partial charge in [0.15, 0.2) is 0 Å². The average Bonchev–Trinajstić information content (AvgIpc) is 2.53. The number of thiol groups is 1. The van der Waals surface area contributed by atoms with E-state index in [1.807, 2.05) is 0 Å². The van der Waals surface area contributed by atoms with Crippen molar-refractivity contribution >= 4 is 58.0 Å². The molecule has 0 aromatic carbocycles. The second-order valence-corrected chi connectivity index (χ2v) is 7.34. The third-order valence-corrected chi connectivity index (χ3v) is 5.33. The van der Waals surface area contributed by atoms with Gasteiger partial charge in [-0.1, -0.05) is 21.6 Å². The number of hydrogen-bond acceptors (Lipinski definition) is 9. The summed E-state index contributed by atoms with van der Waals surface area (Å²) < 4.78 is 0. The number of amides is 2. The zero-order valence-electron chi connectivity index (χ0n) is 12.5. The van der Waals surface area contributed by atoms with Crippen LogP contribution in [-0.4, -0.2) is 75.9 Å². The van der Waals surface area contributed by atoms with Gasteiger partial charge in [0.05, 0.1) is 6.54 Å². The Hall–Kier alpha value is -1.15. The fourth-order valence-corrected chi connectivity index (χ4v) is 3.73. The number of nitrogens with one attached hydrogen (secondary N) is 2. The molecule has 0 heterocycles. The van der Waals surface area contributed by atoms with Crippen LogP contribution in [0.2, 0.25) is 0 Å². The summed E-state index contributed by atoms with van der Waals surface area (Å²) in [6.07, 6.45) is 0. The fourth-order valence-electron chi connectivity index (χ4n) is 1.20. The number of hydrogen-bond donors (Lipinski definition) is 7. The van der Waals surface area contributed by atoms with Crippen LogP contribution in [0, 0.1) is 0 Å². The highest BCUT2D eigenvalue weighted by molar-refractivity contribution is 8.76. The van der Waals surface area contributed by atoms with Gasteiger partial charge in [-0.05, 0) is 0 Å². The Labute approximate surface area is 151 Å². The van der Waals surface area contributed by atoms with E-state index in [1.54, 1.807) is 0 Å². The molecule has 24 heavy (non-hydrogen) atoms. The molecule has 0 rings (SSSR count). The molecule has 0 spiro atoms. The molecule has 13 heteroatoms. The zero-order chi connectivity index (χ0) is 18.7. The van der Waals surface area contributed by atoms with Crippen molar-refractivity contribution in [2.45, 2.75) is 18.1 Å². The third-order valence-electron chi connectivity index (χ3n) is 2.52. The lowest BCUT2D eigenvalue weighted by molar-refractivity contribution is -0.141. The van der Waals surface area contributed by atoms with Gasteiger partial charge in [-0.2, -0.15) is 12.6 Å². The Kier molecular flexibility index (Phi) is 11.7. The second kappa shape index (κ2) is 12.2. The van der Waals surface area contributed by atoms with Crippen LogP contribution in [0.5, 0.6) is 0 Å². The summed E-state index contributed by atoms with van der Waals surface area (Å²) in [7, 11) is 2.24. The Morgan fingerprint density at radius 3 is 2.04 bits per heavy atom. The van der Waals surface area contributed by atoms with Crippen molar-refractivity contribution in [2.75, 3.05) is 23.8 Å². The minimum atomic E-state index is -1.25. The summed E-state index contributed by atoms with van der Waals surface area (Å²) in [6.45, 7) is -0.333. The lowest BCUT2D eigenvalue weighted by Gasteiger charge is -2.20. The van der Waals surface area contributed by atoms with Crippen molar-refractivity contribution in [1.29, 1.82) is 0 Å². The zero-order valence-corrected chi connectivity index (χ0v) is 15.0. The topological polar surface area (TPSA) is 185 Å². The van der Waals surface area contributed by atoms with Crippen LogP contribution in [0.15, 0.2) is 0 Å². The molecule has 0 saturated heterocycles. The van der Waals surface area contributed by atoms with E-state index >= 15 is 0 Å². The first-order valence-corrected chi connectivity index (χ1v) is 9.71. The molecule has 0 radical (unpaired) electrons. The minimum absolute atomic E-state index is 0.0769. The van der Waals surface area contributed by atoms with E-state index in [2.05, 4.69) is 23.3 Å². The van der Waals surface area contributed by atoms with Gasteiger partial charge in [0, 0.05) is 17.3 Å². The van der Waals surface area contributed by atoms with Crippen molar-refractivity contribution < 1.29 is 29.4 Å². The summed E-state index contributed by atoms with van der Waals surface area (Å²) in [4.78, 5) is 45.0. The summed E-state index contributed by atoms with van der Waals surface area (Å²) in [5, 5.41) is 22.2. The van der Waals surface area contributed by atoms with Gasteiger partial charge in [0.25, 0.3) is 0 Å². The van der Waals surface area contributed by atoms with Gasteiger partial charge in [-0.25, -0.2) is 4.79 Å². The quantitative estimate of drug-likeness (QED) is 0.107. The second-order valence-electron chi connectivity index (χ2n) is 4.42. The maximum absolute atomic E-state index is 12.1. The highest BCUT2D eigenvalue weighted by atomic mass is 33.1. The Bertz CT molecular complexity index is 467. The molecule has 0 aromatic rings. The Morgan fingerprint density at radius 1 is 1.00 bits per heavy atom. The molecule has 10 nitrogen and oxygen atoms in total. The summed E-state index contributed by atoms with van der Waals surface area (Å²) in [5.41, 5.74) is 10.5. The predicted molar refractivity (Wildman–Crippen MR) is 94.9 cm³/mol. The van der Waals surface area contributed by atoms with Crippen molar-refractivity contribution in [3.63, 3.8) is 0 Å². The minimum Gasteiger partial charge on any atom is -0.480 e. The fraction of sp³-hybridized carbons (Fsp3) is 0.636. The summed E-state index contributed by atoms with van der Waals surface area (Å²) in [5.74, 6) is -3.62. The third kappa shape index (κ3) is 9.22. The number of carbonyl (C=O) groups is 4. The van der Waals surface area contributed by atoms with Gasteiger partial charge >= 0.3 is 11.9 Å². The molecule has 2 amide bonds. The van der Waals surface area contributed by atoms with Gasteiger partial charge in [0.1, 0.15) is 18.1 Å². The lowest BCUT2D eigenvalue weighted by atomic mass is 10.2. The van der Waals surface area contributed by atoms with Gasteiger partial charge in [0.2, 0.25) is 11.8 Å². The van der Waals surface area contributed by atoms with Gasteiger partial charge in [-0.15, -0.1) is 0 Å². The normalized spacial score (nSPS) is 14.3. The van der Waals surface area contributed by atoms with Crippen LogP contribution >= 0.6 is 34.2 Å². The Morgan fingerprint density at radius 2 is 1.58 bits per heavy atom. The van der Waals surface area contributed by atoms with Crippen molar-refractivity contribution in [3.05, 3.63) is 0 Å². The van der Waals surface area contributed by atoms with Crippen LogP contribution in [-0.2, 0) is 19.2 Å². The monoisotopic (exact) mass is 400 g/mol. The number of rotatable bonds is 12. The molecule has 0 fully saturated rings. The molecule has 0 saturated carbocycles. The van der Waals surface area contributed by atoms with Crippen LogP contribution in [0.25, 0.3) is 0 Å². The standard InChI is InChI=1S/C11H20N4O6S3/c12-1-8(16)14-7(4-24-23-3-5(13)10(18)19)9(17)15-6(2-22)11(20)21/h5-7,22H,1-4,12-13H2,(H,14,16)(H,15,17)(H,18,19)(H,20,21)/t5-,6+,7+/m1/s1. The number of carbonyl (C=O) groups excluding carboxylic acids is 2. The van der Waals surface area contributed by atoms with E-state index in [4.69, 9.17) is 21.7 Å². The highest BCUT2D eigenvalue weighted by Gasteiger charge is 2.25. The molecular weight excluding hydrogens is 380 g/mol. The summed E-state index contributed by atoms with van der Waals surface area (Å²) >= 11 is 3.83. The molecular formula is C11H20N4O6S3. The maximum atomic E-state index is 12.1. The SMILES string of the molecule is NCC(=O)N[C@@H](CSSC[C@@H](N)C(=O)O)C(=O)N[C@@H](CS)C(=O)O. The summed E-state index contributed by atoms with van der Waals surface area (Å²) in [6, 6.07) is -3.27. The first-order valence-electron chi connectivity index (χ1n) is 6.59. The van der Waals surface area contributed by atoms with Crippen LogP contribution in [0.1, 0.15) is 0 Å². The van der Waals surface area contributed by atoms with Crippen molar-refractivity contribution in [1.82, 2.24) is 10.6 Å². The first-order chi connectivity index (χ1) is 11.2. The molecule has 0 aromatic heterocycles. The lowest BCUT2D eigenvalue weighted by Crippen LogP contribution is -2.54. The largest absolute Gasteiger partial charge is 0.480 e. The van der Waals surface area contributed by atoms with Gasteiger partial charge < -0.3 is 32.3 Å². The molecule has 0 aliphatic carbocycles. The Balaban J connectivity index is 4.61. The van der Waals surface area contributed by atoms with E-state index in [0.29, 0.717) is 0 Å². The van der Waals surface area contributed by atoms with E-state index in [-0.39, 0.29) is 23.8 Å². The molecule has 3 atom stereocenters. The average molecular weight is 401 g/mol. The number of carboxylic acid groups (broad SMARTS) is 2. The van der Waals surface area contributed by atoms with Crippen LogP contribution in [0.3, 0.4) is 0 Å². The molecule has 8 N–H and O–H groups in total. The van der Waals surface area contributed by atoms with E-state index in [9.17, 15) is 19.2 Å². The van der Waals surface area contributed by atoms with E-state index in [1.165, 1.54) is 0 Å². The molecule has 0 aliphatic rings. The predicted octanol–water partition coefficient (Wildman–Crippen LogP) is -2.28. The maximum Gasteiger partial charge on any atom is 0.327 e.